The van der Waals surface area contributed by atoms with Crippen molar-refractivity contribution in [3.8, 4) is 11.4 Å². The van der Waals surface area contributed by atoms with E-state index in [0.29, 0.717) is 23.9 Å². The third-order valence-corrected chi connectivity index (χ3v) is 5.45. The number of thioether (sulfide) groups is 1. The van der Waals surface area contributed by atoms with Crippen LogP contribution in [0.5, 0.6) is 5.75 Å². The molecule has 1 amide bonds. The lowest BCUT2D eigenvalue weighted by Crippen LogP contribution is -2.30. The van der Waals surface area contributed by atoms with Crippen molar-refractivity contribution in [2.75, 3.05) is 6.61 Å². The van der Waals surface area contributed by atoms with E-state index in [1.165, 1.54) is 22.5 Å². The first kappa shape index (κ1) is 21.6. The first-order valence-corrected chi connectivity index (χ1v) is 10.7. The van der Waals surface area contributed by atoms with Crippen LogP contribution in [-0.4, -0.2) is 27.5 Å². The van der Waals surface area contributed by atoms with E-state index in [4.69, 9.17) is 4.74 Å². The maximum Gasteiger partial charge on any atom is 0.271 e. The number of aryl methyl sites for hydroxylation is 1. The van der Waals surface area contributed by atoms with Crippen LogP contribution in [0.25, 0.3) is 5.69 Å². The van der Waals surface area contributed by atoms with Crippen LogP contribution in [0.15, 0.2) is 70.5 Å². The monoisotopic (exact) mass is 423 g/mol. The van der Waals surface area contributed by atoms with Crippen molar-refractivity contribution >= 4 is 17.7 Å². The van der Waals surface area contributed by atoms with Gasteiger partial charge < -0.3 is 10.1 Å². The predicted octanol–water partition coefficient (Wildman–Crippen LogP) is 3.74. The van der Waals surface area contributed by atoms with Gasteiger partial charge in [-0.3, -0.25) is 9.59 Å². The number of carbonyl (C=O) groups excluding carboxylic acids is 1. The number of nitrogens with one attached hydrogen (secondary N) is 1. The third kappa shape index (κ3) is 5.73. The number of nitrogens with zero attached hydrogens (tertiary/aromatic N) is 2. The first-order chi connectivity index (χ1) is 14.5. The molecule has 7 heteroatoms. The number of carbonyl (C=O) groups is 1. The molecule has 156 valence electrons. The van der Waals surface area contributed by atoms with Gasteiger partial charge in [0.25, 0.3) is 5.56 Å². The Morgan fingerprint density at radius 1 is 1.10 bits per heavy atom. The minimum absolute atomic E-state index is 0.0937. The van der Waals surface area contributed by atoms with Gasteiger partial charge in [0.05, 0.1) is 17.5 Å². The van der Waals surface area contributed by atoms with E-state index in [-0.39, 0.29) is 16.7 Å². The summed E-state index contributed by atoms with van der Waals surface area (Å²) in [5.74, 6) is 0.718. The van der Waals surface area contributed by atoms with E-state index < -0.39 is 0 Å². The van der Waals surface area contributed by atoms with Crippen LogP contribution in [0.2, 0.25) is 0 Å². The normalized spacial score (nSPS) is 11.7. The van der Waals surface area contributed by atoms with Gasteiger partial charge >= 0.3 is 0 Å². The fraction of sp³-hybridized carbons (Fsp3) is 0.261. The summed E-state index contributed by atoms with van der Waals surface area (Å²) in [6.45, 7) is 6.80. The Morgan fingerprint density at radius 3 is 2.47 bits per heavy atom. The molecule has 0 fully saturated rings. The lowest BCUT2D eigenvalue weighted by Gasteiger charge is -2.13. The zero-order valence-corrected chi connectivity index (χ0v) is 18.1. The van der Waals surface area contributed by atoms with E-state index in [0.717, 1.165) is 16.9 Å². The summed E-state index contributed by atoms with van der Waals surface area (Å²) >= 11 is 1.31. The molecule has 2 aromatic carbocycles. The molecule has 1 heterocycles. The highest BCUT2D eigenvalue weighted by Crippen LogP contribution is 2.21. The minimum Gasteiger partial charge on any atom is -0.494 e. The van der Waals surface area contributed by atoms with E-state index in [9.17, 15) is 9.59 Å². The average Bonchev–Trinajstić information content (AvgIpc) is 2.75. The Morgan fingerprint density at radius 2 is 1.80 bits per heavy atom. The van der Waals surface area contributed by atoms with E-state index in [1.807, 2.05) is 69.3 Å². The van der Waals surface area contributed by atoms with Crippen molar-refractivity contribution in [3.63, 3.8) is 0 Å². The van der Waals surface area contributed by atoms with Gasteiger partial charge in [0.2, 0.25) is 5.91 Å². The highest BCUT2D eigenvalue weighted by Gasteiger charge is 2.16. The lowest BCUT2D eigenvalue weighted by atomic mass is 10.2. The molecule has 30 heavy (non-hydrogen) atoms. The number of rotatable bonds is 8. The molecule has 0 aliphatic carbocycles. The van der Waals surface area contributed by atoms with Crippen molar-refractivity contribution in [3.05, 3.63) is 82.1 Å². The summed E-state index contributed by atoms with van der Waals surface area (Å²) in [6.07, 6.45) is 0. The predicted molar refractivity (Wildman–Crippen MR) is 119 cm³/mol. The second-order valence-corrected chi connectivity index (χ2v) is 8.17. The third-order valence-electron chi connectivity index (χ3n) is 4.42. The van der Waals surface area contributed by atoms with Crippen LogP contribution >= 0.6 is 11.8 Å². The fourth-order valence-electron chi connectivity index (χ4n) is 2.77. The molecular weight excluding hydrogens is 398 g/mol. The van der Waals surface area contributed by atoms with Gasteiger partial charge in [-0.15, -0.1) is 0 Å². The molecular formula is C23H25N3O3S. The zero-order valence-electron chi connectivity index (χ0n) is 17.3. The second-order valence-electron chi connectivity index (χ2n) is 6.81. The molecule has 0 unspecified atom stereocenters. The van der Waals surface area contributed by atoms with Crippen molar-refractivity contribution in [1.29, 1.82) is 0 Å². The highest BCUT2D eigenvalue weighted by molar-refractivity contribution is 8.00. The molecule has 0 saturated heterocycles. The van der Waals surface area contributed by atoms with Gasteiger partial charge in [-0.05, 0) is 56.7 Å². The molecule has 0 aliphatic rings. The fourth-order valence-corrected chi connectivity index (χ4v) is 3.59. The molecule has 3 aromatic rings. The van der Waals surface area contributed by atoms with Gasteiger partial charge in [-0.1, -0.05) is 41.6 Å². The molecule has 1 atom stereocenters. The molecule has 3 rings (SSSR count). The zero-order chi connectivity index (χ0) is 21.5. The molecule has 0 radical (unpaired) electrons. The van der Waals surface area contributed by atoms with Gasteiger partial charge in [0.1, 0.15) is 10.8 Å². The van der Waals surface area contributed by atoms with E-state index in [1.54, 1.807) is 6.07 Å². The number of amides is 1. The van der Waals surface area contributed by atoms with Crippen LogP contribution in [0, 0.1) is 6.92 Å². The molecule has 0 aliphatic heterocycles. The summed E-state index contributed by atoms with van der Waals surface area (Å²) < 4.78 is 6.78. The smallest absolute Gasteiger partial charge is 0.271 e. The van der Waals surface area contributed by atoms with Gasteiger partial charge in [-0.2, -0.15) is 9.78 Å². The number of ether oxygens (including phenoxy) is 1. The molecule has 1 N–H and O–H groups in total. The average molecular weight is 424 g/mol. The maximum absolute atomic E-state index is 12.5. The van der Waals surface area contributed by atoms with Crippen molar-refractivity contribution < 1.29 is 9.53 Å². The molecule has 0 saturated carbocycles. The Kier molecular flexibility index (Phi) is 7.30. The van der Waals surface area contributed by atoms with Gasteiger partial charge in [0, 0.05) is 12.6 Å². The maximum atomic E-state index is 12.5. The van der Waals surface area contributed by atoms with Gasteiger partial charge in [-0.25, -0.2) is 0 Å². The summed E-state index contributed by atoms with van der Waals surface area (Å²) in [5, 5.41) is 7.60. The van der Waals surface area contributed by atoms with Crippen LogP contribution in [0.1, 0.15) is 25.0 Å². The standard InChI is InChI=1S/C23H25N3O3S/c1-4-29-20-11-7-18(8-12-20)15-24-23(28)17(3)30-21-13-14-22(27)26(25-21)19-9-5-16(2)6-10-19/h5-14,17H,4,15H2,1-3H3,(H,24,28)/t17-/m0/s1. The lowest BCUT2D eigenvalue weighted by molar-refractivity contribution is -0.120. The van der Waals surface area contributed by atoms with Crippen LogP contribution < -0.4 is 15.6 Å². The van der Waals surface area contributed by atoms with Crippen molar-refractivity contribution in [2.45, 2.75) is 37.6 Å². The Balaban J connectivity index is 1.61. The summed E-state index contributed by atoms with van der Waals surface area (Å²) in [7, 11) is 0. The summed E-state index contributed by atoms with van der Waals surface area (Å²) in [4.78, 5) is 24.7. The number of aromatic nitrogens is 2. The summed E-state index contributed by atoms with van der Waals surface area (Å²) in [6, 6.07) is 18.3. The van der Waals surface area contributed by atoms with Crippen molar-refractivity contribution in [1.82, 2.24) is 15.1 Å². The molecule has 0 spiro atoms. The van der Waals surface area contributed by atoms with Crippen molar-refractivity contribution in [2.24, 2.45) is 0 Å². The number of hydrogen-bond acceptors (Lipinski definition) is 5. The quantitative estimate of drug-likeness (QED) is 0.559. The minimum atomic E-state index is -0.357. The Labute approximate surface area is 180 Å². The van der Waals surface area contributed by atoms with Crippen LogP contribution in [-0.2, 0) is 11.3 Å². The SMILES string of the molecule is CCOc1ccc(CNC(=O)[C@H](C)Sc2ccc(=O)n(-c3ccc(C)cc3)n2)cc1. The van der Waals surface area contributed by atoms with Crippen LogP contribution in [0.4, 0.5) is 0 Å². The largest absolute Gasteiger partial charge is 0.494 e. The second kappa shape index (κ2) is 10.1. The summed E-state index contributed by atoms with van der Waals surface area (Å²) in [5.41, 5.74) is 2.58. The molecule has 1 aromatic heterocycles. The number of benzene rings is 2. The molecule has 6 nitrogen and oxygen atoms in total. The topological polar surface area (TPSA) is 73.2 Å². The van der Waals surface area contributed by atoms with E-state index in [2.05, 4.69) is 10.4 Å². The number of hydrogen-bond donors (Lipinski definition) is 1. The first-order valence-electron chi connectivity index (χ1n) is 9.80. The molecule has 0 bridgehead atoms. The van der Waals surface area contributed by atoms with Gasteiger partial charge in [0.15, 0.2) is 0 Å². The van der Waals surface area contributed by atoms with Crippen LogP contribution in [0.3, 0.4) is 0 Å². The van der Waals surface area contributed by atoms with E-state index >= 15 is 0 Å². The highest BCUT2D eigenvalue weighted by atomic mass is 32.2. The Hall–Kier alpha value is -3.06. The Bertz CT molecular complexity index is 1050.